The maximum atomic E-state index is 12.5. The normalized spacial score (nSPS) is 11.9. The molecule has 0 radical (unpaired) electrons. The second kappa shape index (κ2) is 8.92. The van der Waals surface area contributed by atoms with Gasteiger partial charge in [0.2, 0.25) is 5.91 Å². The van der Waals surface area contributed by atoms with Gasteiger partial charge in [0, 0.05) is 16.0 Å². The zero-order chi connectivity index (χ0) is 18.4. The summed E-state index contributed by atoms with van der Waals surface area (Å²) in [6, 6.07) is 14.4. The van der Waals surface area contributed by atoms with Gasteiger partial charge in [-0.3, -0.25) is 9.59 Å². The molecule has 0 unspecified atom stereocenters. The Hall–Kier alpha value is -1.98. The summed E-state index contributed by atoms with van der Waals surface area (Å²) in [7, 11) is 0. The van der Waals surface area contributed by atoms with Crippen molar-refractivity contribution in [3.8, 4) is 0 Å². The number of para-hydroxylation sites is 1. The fourth-order valence-corrected chi connectivity index (χ4v) is 3.13. The number of anilines is 1. The zero-order valence-electron chi connectivity index (χ0n) is 14.4. The van der Waals surface area contributed by atoms with Crippen LogP contribution in [0, 0.1) is 0 Å². The molecule has 0 aliphatic rings. The first-order valence-corrected chi connectivity index (χ1v) is 9.25. The minimum atomic E-state index is -0.317. The molecule has 4 nitrogen and oxygen atoms in total. The first-order chi connectivity index (χ1) is 11.9. The van der Waals surface area contributed by atoms with Crippen molar-refractivity contribution in [1.82, 2.24) is 5.32 Å². The lowest BCUT2D eigenvalue weighted by Crippen LogP contribution is -2.31. The third-order valence-corrected chi connectivity index (χ3v) is 4.71. The highest BCUT2D eigenvalue weighted by atomic mass is 35.5. The van der Waals surface area contributed by atoms with Gasteiger partial charge >= 0.3 is 0 Å². The number of nitrogens with one attached hydrogen (secondary N) is 2. The maximum Gasteiger partial charge on any atom is 0.253 e. The van der Waals surface area contributed by atoms with Gasteiger partial charge in [0.1, 0.15) is 0 Å². The van der Waals surface area contributed by atoms with Crippen LogP contribution in [0.5, 0.6) is 0 Å². The molecular weight excluding hydrogens is 356 g/mol. The Balaban J connectivity index is 2.07. The number of hydrogen-bond donors (Lipinski definition) is 2. The summed E-state index contributed by atoms with van der Waals surface area (Å²) >= 11 is 7.31. The summed E-state index contributed by atoms with van der Waals surface area (Å²) in [5, 5.41) is 6.03. The van der Waals surface area contributed by atoms with Crippen LogP contribution in [0.4, 0.5) is 5.69 Å². The maximum absolute atomic E-state index is 12.5. The minimum absolute atomic E-state index is 0.0237. The van der Waals surface area contributed by atoms with Crippen LogP contribution in [0.1, 0.15) is 31.1 Å². The molecule has 0 aromatic heterocycles. The Kier molecular flexibility index (Phi) is 6.91. The molecule has 2 aromatic carbocycles. The van der Waals surface area contributed by atoms with Crippen molar-refractivity contribution in [3.05, 3.63) is 59.1 Å². The van der Waals surface area contributed by atoms with Gasteiger partial charge in [-0.25, -0.2) is 0 Å². The van der Waals surface area contributed by atoms with Gasteiger partial charge in [-0.15, -0.1) is 11.8 Å². The number of rotatable bonds is 6. The molecule has 0 saturated carbocycles. The highest BCUT2D eigenvalue weighted by molar-refractivity contribution is 8.00. The SMILES string of the molecule is CC(C)NC(=O)c1ccccc1NC(=O)[C@H](C)Sc1ccc(Cl)cc1. The molecule has 132 valence electrons. The van der Waals surface area contributed by atoms with E-state index in [9.17, 15) is 9.59 Å². The number of thioether (sulfide) groups is 1. The summed E-state index contributed by atoms with van der Waals surface area (Å²) in [6.45, 7) is 5.61. The van der Waals surface area contributed by atoms with E-state index in [0.717, 1.165) is 4.90 Å². The Morgan fingerprint density at radius 2 is 1.64 bits per heavy atom. The number of carbonyl (C=O) groups is 2. The topological polar surface area (TPSA) is 58.2 Å². The summed E-state index contributed by atoms with van der Waals surface area (Å²) in [5.74, 6) is -0.367. The average molecular weight is 377 g/mol. The standard InChI is InChI=1S/C19H21ClN2O2S/c1-12(2)21-19(24)16-6-4-5-7-17(16)22-18(23)13(3)25-15-10-8-14(20)9-11-15/h4-13H,1-3H3,(H,21,24)(H,22,23)/t13-/m0/s1. The van der Waals surface area contributed by atoms with Crippen LogP contribution in [-0.2, 0) is 4.79 Å². The molecule has 2 aromatic rings. The van der Waals surface area contributed by atoms with Gasteiger partial charge in [0.15, 0.2) is 0 Å². The van der Waals surface area contributed by atoms with E-state index in [2.05, 4.69) is 10.6 Å². The van der Waals surface area contributed by atoms with Crippen molar-refractivity contribution >= 4 is 40.9 Å². The lowest BCUT2D eigenvalue weighted by Gasteiger charge is -2.15. The predicted octanol–water partition coefficient (Wildman–Crippen LogP) is 4.60. The molecular formula is C19H21ClN2O2S. The molecule has 0 fully saturated rings. The van der Waals surface area contributed by atoms with Gasteiger partial charge in [0.05, 0.1) is 16.5 Å². The van der Waals surface area contributed by atoms with Crippen molar-refractivity contribution in [2.45, 2.75) is 37.0 Å². The van der Waals surface area contributed by atoms with Crippen LogP contribution in [0.2, 0.25) is 5.02 Å². The van der Waals surface area contributed by atoms with Crippen molar-refractivity contribution in [2.75, 3.05) is 5.32 Å². The van der Waals surface area contributed by atoms with E-state index in [1.807, 2.05) is 32.9 Å². The number of benzene rings is 2. The largest absolute Gasteiger partial charge is 0.350 e. The number of carbonyl (C=O) groups excluding carboxylic acids is 2. The molecule has 0 saturated heterocycles. The van der Waals surface area contributed by atoms with Gasteiger partial charge in [-0.05, 0) is 57.2 Å². The van der Waals surface area contributed by atoms with Crippen molar-refractivity contribution in [1.29, 1.82) is 0 Å². The van der Waals surface area contributed by atoms with E-state index >= 15 is 0 Å². The van der Waals surface area contributed by atoms with E-state index in [-0.39, 0.29) is 23.1 Å². The Bertz CT molecular complexity index is 747. The number of amides is 2. The molecule has 2 N–H and O–H groups in total. The average Bonchev–Trinajstić information content (AvgIpc) is 2.56. The molecule has 2 amide bonds. The summed E-state index contributed by atoms with van der Waals surface area (Å²) in [4.78, 5) is 25.7. The van der Waals surface area contributed by atoms with Crippen LogP contribution in [0.15, 0.2) is 53.4 Å². The van der Waals surface area contributed by atoms with E-state index in [4.69, 9.17) is 11.6 Å². The fourth-order valence-electron chi connectivity index (χ4n) is 2.14. The third kappa shape index (κ3) is 5.80. The monoisotopic (exact) mass is 376 g/mol. The highest BCUT2D eigenvalue weighted by Gasteiger charge is 2.18. The second-order valence-corrected chi connectivity index (χ2v) is 7.73. The van der Waals surface area contributed by atoms with E-state index < -0.39 is 0 Å². The van der Waals surface area contributed by atoms with Crippen molar-refractivity contribution in [3.63, 3.8) is 0 Å². The van der Waals surface area contributed by atoms with Gasteiger partial charge < -0.3 is 10.6 Å². The molecule has 1 atom stereocenters. The van der Waals surface area contributed by atoms with Crippen LogP contribution in [0.3, 0.4) is 0 Å². The molecule has 2 rings (SSSR count). The van der Waals surface area contributed by atoms with E-state index in [1.165, 1.54) is 11.8 Å². The molecule has 0 aliphatic heterocycles. The zero-order valence-corrected chi connectivity index (χ0v) is 15.9. The molecule has 0 aliphatic carbocycles. The Morgan fingerprint density at radius 3 is 2.28 bits per heavy atom. The lowest BCUT2D eigenvalue weighted by molar-refractivity contribution is -0.115. The fraction of sp³-hybridized carbons (Fsp3) is 0.263. The Labute approximate surface area is 157 Å². The summed E-state index contributed by atoms with van der Waals surface area (Å²) in [6.07, 6.45) is 0. The van der Waals surface area contributed by atoms with Crippen LogP contribution < -0.4 is 10.6 Å². The van der Waals surface area contributed by atoms with Gasteiger partial charge in [-0.2, -0.15) is 0 Å². The van der Waals surface area contributed by atoms with Crippen LogP contribution >= 0.6 is 23.4 Å². The summed E-state index contributed by atoms with van der Waals surface area (Å²) in [5.41, 5.74) is 0.961. The van der Waals surface area contributed by atoms with E-state index in [0.29, 0.717) is 16.3 Å². The van der Waals surface area contributed by atoms with Crippen molar-refractivity contribution < 1.29 is 9.59 Å². The van der Waals surface area contributed by atoms with Gasteiger partial charge in [-0.1, -0.05) is 23.7 Å². The molecule has 0 bridgehead atoms. The minimum Gasteiger partial charge on any atom is -0.350 e. The molecule has 6 heteroatoms. The molecule has 0 heterocycles. The number of halogens is 1. The smallest absolute Gasteiger partial charge is 0.253 e. The van der Waals surface area contributed by atoms with Crippen LogP contribution in [-0.4, -0.2) is 23.1 Å². The van der Waals surface area contributed by atoms with Gasteiger partial charge in [0.25, 0.3) is 5.91 Å². The Morgan fingerprint density at radius 1 is 1.00 bits per heavy atom. The summed E-state index contributed by atoms with van der Waals surface area (Å²) < 4.78 is 0. The molecule has 25 heavy (non-hydrogen) atoms. The first-order valence-electron chi connectivity index (χ1n) is 8.00. The third-order valence-electron chi connectivity index (χ3n) is 3.35. The highest BCUT2D eigenvalue weighted by Crippen LogP contribution is 2.26. The van der Waals surface area contributed by atoms with E-state index in [1.54, 1.807) is 36.4 Å². The predicted molar refractivity (Wildman–Crippen MR) is 104 cm³/mol. The molecule has 0 spiro atoms. The van der Waals surface area contributed by atoms with Crippen LogP contribution in [0.25, 0.3) is 0 Å². The quantitative estimate of drug-likeness (QED) is 0.724. The second-order valence-electron chi connectivity index (χ2n) is 5.88. The van der Waals surface area contributed by atoms with Crippen molar-refractivity contribution in [2.24, 2.45) is 0 Å². The lowest BCUT2D eigenvalue weighted by atomic mass is 10.1. The number of hydrogen-bond acceptors (Lipinski definition) is 3. The first kappa shape index (κ1) is 19.3.